The summed E-state index contributed by atoms with van der Waals surface area (Å²) in [7, 11) is 1.83. The second-order valence-corrected chi connectivity index (χ2v) is 7.72. The molecule has 0 amide bonds. The van der Waals surface area contributed by atoms with Crippen LogP contribution in [-0.2, 0) is 13.1 Å². The van der Waals surface area contributed by atoms with Crippen molar-refractivity contribution in [2.45, 2.75) is 19.5 Å². The highest BCUT2D eigenvalue weighted by Crippen LogP contribution is 2.22. The molecule has 31 heavy (non-hydrogen) atoms. The van der Waals surface area contributed by atoms with Crippen molar-refractivity contribution in [3.63, 3.8) is 0 Å². The first-order chi connectivity index (χ1) is 14.8. The minimum Gasteiger partial charge on any atom is -0.371 e. The molecule has 1 unspecified atom stereocenters. The van der Waals surface area contributed by atoms with Gasteiger partial charge in [0.25, 0.3) is 0 Å². The quantitative estimate of drug-likeness (QED) is 0.278. The van der Waals surface area contributed by atoms with Crippen LogP contribution in [0, 0.1) is 5.92 Å². The van der Waals surface area contributed by atoms with E-state index >= 15 is 0 Å². The van der Waals surface area contributed by atoms with E-state index in [1.54, 1.807) is 0 Å². The monoisotopic (exact) mass is 530 g/mol. The van der Waals surface area contributed by atoms with Gasteiger partial charge >= 0.3 is 0 Å². The van der Waals surface area contributed by atoms with Crippen molar-refractivity contribution in [2.75, 3.05) is 31.6 Å². The number of aromatic nitrogens is 2. The average Bonchev–Trinajstić information content (AvgIpc) is 3.48. The van der Waals surface area contributed by atoms with E-state index in [9.17, 15) is 0 Å². The number of aliphatic imine (C=N–C) groups is 1. The third-order valence-electron chi connectivity index (χ3n) is 5.65. The number of guanidine groups is 1. The van der Waals surface area contributed by atoms with Gasteiger partial charge in [-0.15, -0.1) is 24.0 Å². The summed E-state index contributed by atoms with van der Waals surface area (Å²) in [5, 5.41) is 11.3. The fraction of sp³-hybridized carbons (Fsp3) is 0.333. The number of hydrogen-bond acceptors (Lipinski definition) is 3. The summed E-state index contributed by atoms with van der Waals surface area (Å²) in [6.45, 7) is 4.63. The second-order valence-electron chi connectivity index (χ2n) is 7.72. The molecule has 7 heteroatoms. The van der Waals surface area contributed by atoms with E-state index in [-0.39, 0.29) is 24.0 Å². The zero-order chi connectivity index (χ0) is 20.6. The Morgan fingerprint density at radius 3 is 2.55 bits per heavy atom. The van der Waals surface area contributed by atoms with Crippen LogP contribution in [0.3, 0.4) is 0 Å². The summed E-state index contributed by atoms with van der Waals surface area (Å²) in [6, 6.07) is 21.1. The molecule has 6 nitrogen and oxygen atoms in total. The van der Waals surface area contributed by atoms with E-state index in [4.69, 9.17) is 0 Å². The normalized spacial score (nSPS) is 16.1. The molecular weight excluding hydrogens is 499 g/mol. The zero-order valence-electron chi connectivity index (χ0n) is 17.9. The zero-order valence-corrected chi connectivity index (χ0v) is 20.3. The first-order valence-electron chi connectivity index (χ1n) is 10.6. The van der Waals surface area contributed by atoms with Crippen LogP contribution in [0.4, 0.5) is 5.69 Å². The minimum absolute atomic E-state index is 0. The molecule has 0 radical (unpaired) electrons. The van der Waals surface area contributed by atoms with E-state index < -0.39 is 0 Å². The Bertz CT molecular complexity index is 942. The van der Waals surface area contributed by atoms with Crippen LogP contribution in [0.15, 0.2) is 78.0 Å². The number of hydrogen-bond donors (Lipinski definition) is 2. The van der Waals surface area contributed by atoms with Crippen molar-refractivity contribution in [3.8, 4) is 0 Å². The van der Waals surface area contributed by atoms with Crippen molar-refractivity contribution in [1.82, 2.24) is 20.4 Å². The summed E-state index contributed by atoms with van der Waals surface area (Å²) in [4.78, 5) is 6.88. The number of rotatable bonds is 7. The number of anilines is 1. The maximum absolute atomic E-state index is 4.41. The maximum Gasteiger partial charge on any atom is 0.191 e. The number of nitrogens with zero attached hydrogens (tertiary/aromatic N) is 4. The highest BCUT2D eigenvalue weighted by Gasteiger charge is 2.22. The first kappa shape index (κ1) is 23.1. The van der Waals surface area contributed by atoms with Crippen LogP contribution < -0.4 is 15.5 Å². The lowest BCUT2D eigenvalue weighted by atomic mass is 10.1. The largest absolute Gasteiger partial charge is 0.371 e. The van der Waals surface area contributed by atoms with Gasteiger partial charge in [0.05, 0.1) is 6.54 Å². The van der Waals surface area contributed by atoms with Crippen LogP contribution in [0.1, 0.15) is 17.5 Å². The molecule has 1 fully saturated rings. The van der Waals surface area contributed by atoms with Crippen molar-refractivity contribution in [3.05, 3.63) is 84.2 Å². The molecule has 1 aromatic heterocycles. The van der Waals surface area contributed by atoms with Crippen LogP contribution in [0.25, 0.3) is 0 Å². The van der Waals surface area contributed by atoms with Crippen LogP contribution in [0.5, 0.6) is 0 Å². The Balaban J connectivity index is 0.00000272. The fourth-order valence-electron chi connectivity index (χ4n) is 3.97. The summed E-state index contributed by atoms with van der Waals surface area (Å²) in [5.41, 5.74) is 3.84. The summed E-state index contributed by atoms with van der Waals surface area (Å²) < 4.78 is 1.95. The molecule has 0 saturated carbocycles. The van der Waals surface area contributed by atoms with Crippen molar-refractivity contribution in [1.29, 1.82) is 0 Å². The predicted octanol–water partition coefficient (Wildman–Crippen LogP) is 3.74. The summed E-state index contributed by atoms with van der Waals surface area (Å²) in [5.74, 6) is 1.47. The van der Waals surface area contributed by atoms with Crippen molar-refractivity contribution >= 4 is 35.6 Å². The van der Waals surface area contributed by atoms with Gasteiger partial charge in [-0.2, -0.15) is 5.10 Å². The summed E-state index contributed by atoms with van der Waals surface area (Å²) in [6.07, 6.45) is 5.01. The van der Waals surface area contributed by atoms with E-state index in [0.717, 1.165) is 38.7 Å². The van der Waals surface area contributed by atoms with E-state index in [0.29, 0.717) is 5.92 Å². The van der Waals surface area contributed by atoms with Crippen LogP contribution >= 0.6 is 24.0 Å². The van der Waals surface area contributed by atoms with Gasteiger partial charge in [0.2, 0.25) is 0 Å². The molecule has 164 valence electrons. The predicted molar refractivity (Wildman–Crippen MR) is 138 cm³/mol. The number of halogens is 1. The van der Waals surface area contributed by atoms with Gasteiger partial charge in [-0.3, -0.25) is 9.67 Å². The lowest BCUT2D eigenvalue weighted by Crippen LogP contribution is -2.40. The number of nitrogens with one attached hydrogen (secondary N) is 2. The Morgan fingerprint density at radius 1 is 1.03 bits per heavy atom. The lowest BCUT2D eigenvalue weighted by Gasteiger charge is -2.19. The Labute approximate surface area is 201 Å². The molecule has 0 aliphatic carbocycles. The van der Waals surface area contributed by atoms with Gasteiger partial charge in [-0.1, -0.05) is 42.5 Å². The average molecular weight is 530 g/mol. The second kappa shape index (κ2) is 11.7. The first-order valence-corrected chi connectivity index (χ1v) is 10.6. The molecule has 1 aliphatic rings. The molecule has 0 bridgehead atoms. The maximum atomic E-state index is 4.41. The molecule has 4 rings (SSSR count). The smallest absolute Gasteiger partial charge is 0.191 e. The van der Waals surface area contributed by atoms with Gasteiger partial charge < -0.3 is 15.5 Å². The molecule has 2 heterocycles. The summed E-state index contributed by atoms with van der Waals surface area (Å²) >= 11 is 0. The molecular formula is C24H31IN6. The van der Waals surface area contributed by atoms with Crippen molar-refractivity contribution in [2.24, 2.45) is 10.9 Å². The van der Waals surface area contributed by atoms with Gasteiger partial charge in [0, 0.05) is 51.3 Å². The van der Waals surface area contributed by atoms with Gasteiger partial charge in [-0.25, -0.2) is 0 Å². The molecule has 2 aromatic carbocycles. The Morgan fingerprint density at radius 2 is 1.81 bits per heavy atom. The number of para-hydroxylation sites is 1. The molecule has 2 N–H and O–H groups in total. The standard InChI is InChI=1S/C24H30N6.HI/c1-25-24(26-16-20-12-15-29(18-20)23-10-3-2-4-11-23)27-17-21-8-5-6-9-22(21)19-30-14-7-13-28-30;/h2-11,13-14,20H,12,15-19H2,1H3,(H2,25,26,27);1H. The number of benzene rings is 2. The van der Waals surface area contributed by atoms with Gasteiger partial charge in [-0.05, 0) is 41.7 Å². The lowest BCUT2D eigenvalue weighted by molar-refractivity contribution is 0.565. The highest BCUT2D eigenvalue weighted by molar-refractivity contribution is 14.0. The fourth-order valence-corrected chi connectivity index (χ4v) is 3.97. The van der Waals surface area contributed by atoms with Gasteiger partial charge in [0.1, 0.15) is 0 Å². The molecule has 3 aromatic rings. The van der Waals surface area contributed by atoms with Crippen LogP contribution in [-0.4, -0.2) is 42.4 Å². The minimum atomic E-state index is 0. The van der Waals surface area contributed by atoms with E-state index in [2.05, 4.69) is 80.2 Å². The topological polar surface area (TPSA) is 57.5 Å². The third kappa shape index (κ3) is 6.46. The molecule has 1 atom stereocenters. The van der Waals surface area contributed by atoms with E-state index in [1.165, 1.54) is 23.2 Å². The SMILES string of the molecule is CN=C(NCc1ccccc1Cn1cccn1)NCC1CCN(c2ccccc2)C1.I. The highest BCUT2D eigenvalue weighted by atomic mass is 127. The molecule has 1 saturated heterocycles. The Kier molecular flexibility index (Phi) is 8.75. The van der Waals surface area contributed by atoms with Crippen LogP contribution in [0.2, 0.25) is 0 Å². The molecule has 0 spiro atoms. The van der Waals surface area contributed by atoms with Gasteiger partial charge in [0.15, 0.2) is 5.96 Å². The molecule has 1 aliphatic heterocycles. The Hall–Kier alpha value is -2.55. The third-order valence-corrected chi connectivity index (χ3v) is 5.65. The van der Waals surface area contributed by atoms with E-state index in [1.807, 2.05) is 30.2 Å². The van der Waals surface area contributed by atoms with Crippen molar-refractivity contribution < 1.29 is 0 Å².